The molecule has 5 heteroatoms. The highest BCUT2D eigenvalue weighted by Crippen LogP contribution is 2.43. The molecule has 1 aromatic carbocycles. The van der Waals surface area contributed by atoms with Crippen molar-refractivity contribution in [2.45, 2.75) is 37.7 Å². The van der Waals surface area contributed by atoms with Crippen LogP contribution in [0.5, 0.6) is 5.75 Å². The van der Waals surface area contributed by atoms with Crippen LogP contribution in [0.4, 0.5) is 0 Å². The van der Waals surface area contributed by atoms with Crippen LogP contribution >= 0.6 is 34.8 Å². The summed E-state index contributed by atoms with van der Waals surface area (Å²) in [5.41, 5.74) is 0.874. The maximum atomic E-state index is 6.49. The Morgan fingerprint density at radius 1 is 1.25 bits per heavy atom. The van der Waals surface area contributed by atoms with E-state index < -0.39 is 0 Å². The van der Waals surface area contributed by atoms with E-state index >= 15 is 0 Å². The summed E-state index contributed by atoms with van der Waals surface area (Å²) >= 11 is 18.9. The lowest BCUT2D eigenvalue weighted by atomic mass is 9.78. The van der Waals surface area contributed by atoms with E-state index in [2.05, 4.69) is 0 Å². The second-order valence-electron chi connectivity index (χ2n) is 5.13. The van der Waals surface area contributed by atoms with Gasteiger partial charge in [-0.25, -0.2) is 0 Å². The second kappa shape index (κ2) is 7.22. The predicted molar refractivity (Wildman–Crippen MR) is 84.4 cm³/mol. The van der Waals surface area contributed by atoms with Crippen LogP contribution in [0, 0.1) is 5.92 Å². The van der Waals surface area contributed by atoms with Gasteiger partial charge in [0, 0.05) is 17.7 Å². The number of halogens is 3. The molecule has 20 heavy (non-hydrogen) atoms. The minimum absolute atomic E-state index is 0.126. The van der Waals surface area contributed by atoms with Crippen molar-refractivity contribution in [2.75, 3.05) is 13.7 Å². The largest absolute Gasteiger partial charge is 0.495 e. The van der Waals surface area contributed by atoms with Crippen molar-refractivity contribution in [1.82, 2.24) is 0 Å². The van der Waals surface area contributed by atoms with E-state index in [0.29, 0.717) is 27.8 Å². The highest BCUT2D eigenvalue weighted by atomic mass is 35.5. The molecule has 0 radical (unpaired) electrons. The van der Waals surface area contributed by atoms with Crippen LogP contribution in [0.15, 0.2) is 12.1 Å². The predicted octanol–water partition coefficient (Wildman–Crippen LogP) is 5.49. The lowest BCUT2D eigenvalue weighted by molar-refractivity contribution is -0.0267. The van der Waals surface area contributed by atoms with Crippen molar-refractivity contribution in [2.24, 2.45) is 5.92 Å². The highest BCUT2D eigenvalue weighted by molar-refractivity contribution is 6.35. The van der Waals surface area contributed by atoms with E-state index in [1.54, 1.807) is 19.2 Å². The molecular weight excluding hydrogens is 319 g/mol. The van der Waals surface area contributed by atoms with E-state index in [1.165, 1.54) is 0 Å². The molecule has 0 aromatic heterocycles. The number of ether oxygens (including phenoxy) is 2. The molecule has 0 bridgehead atoms. The van der Waals surface area contributed by atoms with Crippen molar-refractivity contribution in [3.05, 3.63) is 27.7 Å². The molecule has 1 atom stereocenters. The van der Waals surface area contributed by atoms with Crippen LogP contribution in [0.2, 0.25) is 10.0 Å². The van der Waals surface area contributed by atoms with Crippen LogP contribution in [0.25, 0.3) is 0 Å². The molecule has 1 aromatic rings. The first-order valence-corrected chi connectivity index (χ1v) is 8.03. The van der Waals surface area contributed by atoms with Crippen molar-refractivity contribution >= 4 is 34.8 Å². The SMILES string of the molecule is CCOC1CC(CC(Cl)c2cc(Cl)c(OC)cc2Cl)C1. The Hall–Kier alpha value is -0.150. The van der Waals surface area contributed by atoms with Crippen LogP contribution < -0.4 is 4.74 Å². The summed E-state index contributed by atoms with van der Waals surface area (Å²) in [5.74, 6) is 1.18. The molecule has 1 aliphatic carbocycles. The normalized spacial score (nSPS) is 23.2. The summed E-state index contributed by atoms with van der Waals surface area (Å²) < 4.78 is 10.7. The molecule has 0 N–H and O–H groups in total. The molecule has 0 amide bonds. The zero-order valence-electron chi connectivity index (χ0n) is 11.7. The molecule has 1 fully saturated rings. The first-order valence-electron chi connectivity index (χ1n) is 6.83. The summed E-state index contributed by atoms with van der Waals surface area (Å²) in [6.07, 6.45) is 3.47. The minimum atomic E-state index is -0.126. The minimum Gasteiger partial charge on any atom is -0.495 e. The summed E-state index contributed by atoms with van der Waals surface area (Å²) in [5, 5.41) is 1.02. The van der Waals surface area contributed by atoms with Gasteiger partial charge >= 0.3 is 0 Å². The quantitative estimate of drug-likeness (QED) is 0.639. The Balaban J connectivity index is 1.96. The molecule has 2 rings (SSSR count). The van der Waals surface area contributed by atoms with Gasteiger partial charge in [-0.3, -0.25) is 0 Å². The lowest BCUT2D eigenvalue weighted by Crippen LogP contribution is -2.31. The van der Waals surface area contributed by atoms with Crippen molar-refractivity contribution in [3.63, 3.8) is 0 Å². The smallest absolute Gasteiger partial charge is 0.138 e. The number of hydrogen-bond acceptors (Lipinski definition) is 2. The number of benzene rings is 1. The first kappa shape index (κ1) is 16.2. The van der Waals surface area contributed by atoms with Gasteiger partial charge in [-0.2, -0.15) is 0 Å². The van der Waals surface area contributed by atoms with E-state index in [9.17, 15) is 0 Å². The Bertz CT molecular complexity index is 459. The van der Waals surface area contributed by atoms with Crippen LogP contribution in [0.3, 0.4) is 0 Å². The number of rotatable bonds is 6. The van der Waals surface area contributed by atoms with Crippen molar-refractivity contribution in [3.8, 4) is 5.75 Å². The van der Waals surface area contributed by atoms with Gasteiger partial charge < -0.3 is 9.47 Å². The fourth-order valence-electron chi connectivity index (χ4n) is 2.60. The molecule has 0 aliphatic heterocycles. The van der Waals surface area contributed by atoms with Gasteiger partial charge in [0.05, 0.1) is 23.6 Å². The Kier molecular flexibility index (Phi) is 5.85. The zero-order chi connectivity index (χ0) is 14.7. The second-order valence-corrected chi connectivity index (χ2v) is 6.47. The monoisotopic (exact) mass is 336 g/mol. The van der Waals surface area contributed by atoms with Gasteiger partial charge in [-0.05, 0) is 43.7 Å². The van der Waals surface area contributed by atoms with Crippen molar-refractivity contribution in [1.29, 1.82) is 0 Å². The van der Waals surface area contributed by atoms with E-state index in [-0.39, 0.29) is 5.38 Å². The van der Waals surface area contributed by atoms with Crippen LogP contribution in [0.1, 0.15) is 37.1 Å². The van der Waals surface area contributed by atoms with Crippen LogP contribution in [-0.4, -0.2) is 19.8 Å². The third kappa shape index (κ3) is 3.73. The molecular formula is C15H19Cl3O2. The fraction of sp³-hybridized carbons (Fsp3) is 0.600. The number of hydrogen-bond donors (Lipinski definition) is 0. The van der Waals surface area contributed by atoms with Crippen molar-refractivity contribution < 1.29 is 9.47 Å². The van der Waals surface area contributed by atoms with Gasteiger partial charge in [0.15, 0.2) is 0 Å². The Morgan fingerprint density at radius 2 is 1.95 bits per heavy atom. The fourth-order valence-corrected chi connectivity index (χ4v) is 3.62. The molecule has 0 spiro atoms. The molecule has 1 aliphatic rings. The summed E-state index contributed by atoms with van der Waals surface area (Å²) in [7, 11) is 1.57. The summed E-state index contributed by atoms with van der Waals surface area (Å²) in [4.78, 5) is 0. The van der Waals surface area contributed by atoms with Gasteiger partial charge in [0.25, 0.3) is 0 Å². The van der Waals surface area contributed by atoms with Gasteiger partial charge in [0.2, 0.25) is 0 Å². The van der Waals surface area contributed by atoms with E-state index in [1.807, 2.05) is 6.92 Å². The maximum Gasteiger partial charge on any atom is 0.138 e. The summed E-state index contributed by atoms with van der Waals surface area (Å²) in [6, 6.07) is 3.53. The van der Waals surface area contributed by atoms with Gasteiger partial charge in [-0.15, -0.1) is 11.6 Å². The first-order chi connectivity index (χ1) is 9.55. The molecule has 0 heterocycles. The standard InChI is InChI=1S/C15H19Cl3O2/c1-3-20-10-4-9(5-10)6-12(16)11-7-14(18)15(19-2)8-13(11)17/h7-10,12H,3-6H2,1-2H3. The Morgan fingerprint density at radius 3 is 2.55 bits per heavy atom. The molecule has 0 saturated heterocycles. The average Bonchev–Trinajstić information content (AvgIpc) is 2.38. The molecule has 2 nitrogen and oxygen atoms in total. The average molecular weight is 338 g/mol. The van der Waals surface area contributed by atoms with E-state index in [0.717, 1.165) is 31.4 Å². The van der Waals surface area contributed by atoms with Gasteiger partial charge in [-0.1, -0.05) is 23.2 Å². The third-order valence-corrected chi connectivity index (χ3v) is 4.78. The molecule has 1 saturated carbocycles. The lowest BCUT2D eigenvalue weighted by Gasteiger charge is -2.36. The molecule has 112 valence electrons. The van der Waals surface area contributed by atoms with Crippen LogP contribution in [-0.2, 0) is 4.74 Å². The topological polar surface area (TPSA) is 18.5 Å². The Labute approximate surface area is 135 Å². The summed E-state index contributed by atoms with van der Waals surface area (Å²) in [6.45, 7) is 2.80. The maximum absolute atomic E-state index is 6.49. The zero-order valence-corrected chi connectivity index (χ0v) is 13.9. The number of methoxy groups -OCH3 is 1. The third-order valence-electron chi connectivity index (χ3n) is 3.74. The van der Waals surface area contributed by atoms with Gasteiger partial charge in [0.1, 0.15) is 5.75 Å². The highest BCUT2D eigenvalue weighted by Gasteiger charge is 2.31. The number of alkyl halides is 1. The van der Waals surface area contributed by atoms with E-state index in [4.69, 9.17) is 44.3 Å². The molecule has 1 unspecified atom stereocenters.